The summed E-state index contributed by atoms with van der Waals surface area (Å²) in [5.74, 6) is 0. The molecular weight excluding hydrogens is 260 g/mol. The maximum absolute atomic E-state index is 12.2. The molecule has 0 aliphatic heterocycles. The van der Waals surface area contributed by atoms with Crippen molar-refractivity contribution in [2.45, 2.75) is 50.5 Å². The van der Waals surface area contributed by atoms with E-state index in [1.165, 1.54) is 0 Å². The molecule has 0 atom stereocenters. The van der Waals surface area contributed by atoms with E-state index in [4.69, 9.17) is 5.73 Å². The molecule has 0 aromatic heterocycles. The van der Waals surface area contributed by atoms with Gasteiger partial charge in [0.25, 0.3) is 0 Å². The fourth-order valence-corrected chi connectivity index (χ4v) is 3.29. The zero-order chi connectivity index (χ0) is 14.3. The summed E-state index contributed by atoms with van der Waals surface area (Å²) in [6, 6.07) is 7.04. The van der Waals surface area contributed by atoms with Crippen LogP contribution in [0.2, 0.25) is 0 Å². The molecule has 4 nitrogen and oxygen atoms in total. The Hall–Kier alpha value is -0.910. The van der Waals surface area contributed by atoms with Gasteiger partial charge in [0, 0.05) is 6.04 Å². The molecule has 19 heavy (non-hydrogen) atoms. The SMILES string of the molecule is CCC(CC)NS(=O)(=O)c1ccc(CCCN)cc1. The third kappa shape index (κ3) is 4.93. The van der Waals surface area contributed by atoms with Crippen LogP contribution >= 0.6 is 0 Å². The molecule has 0 radical (unpaired) electrons. The number of aryl methyl sites for hydroxylation is 1. The Kier molecular flexibility index (Phi) is 6.48. The van der Waals surface area contributed by atoms with Gasteiger partial charge in [0.2, 0.25) is 10.0 Å². The van der Waals surface area contributed by atoms with Gasteiger partial charge in [0.05, 0.1) is 4.90 Å². The normalized spacial score (nSPS) is 12.0. The number of hydrogen-bond donors (Lipinski definition) is 2. The smallest absolute Gasteiger partial charge is 0.240 e. The highest BCUT2D eigenvalue weighted by molar-refractivity contribution is 7.89. The van der Waals surface area contributed by atoms with Gasteiger partial charge in [-0.2, -0.15) is 0 Å². The molecule has 0 amide bonds. The van der Waals surface area contributed by atoms with Crippen LogP contribution in [0, 0.1) is 0 Å². The van der Waals surface area contributed by atoms with E-state index in [1.54, 1.807) is 12.1 Å². The molecule has 0 bridgehead atoms. The van der Waals surface area contributed by atoms with E-state index < -0.39 is 10.0 Å². The van der Waals surface area contributed by atoms with E-state index in [1.807, 2.05) is 26.0 Å². The van der Waals surface area contributed by atoms with Crippen LogP contribution in [0.5, 0.6) is 0 Å². The van der Waals surface area contributed by atoms with Gasteiger partial charge in [0.15, 0.2) is 0 Å². The van der Waals surface area contributed by atoms with Gasteiger partial charge in [-0.3, -0.25) is 0 Å². The van der Waals surface area contributed by atoms with Crippen molar-refractivity contribution in [3.05, 3.63) is 29.8 Å². The predicted octanol–water partition coefficient (Wildman–Crippen LogP) is 2.04. The quantitative estimate of drug-likeness (QED) is 0.767. The van der Waals surface area contributed by atoms with Crippen molar-refractivity contribution < 1.29 is 8.42 Å². The zero-order valence-corrected chi connectivity index (χ0v) is 12.5. The zero-order valence-electron chi connectivity index (χ0n) is 11.7. The summed E-state index contributed by atoms with van der Waals surface area (Å²) in [6.45, 7) is 4.61. The molecular formula is C14H24N2O2S. The van der Waals surface area contributed by atoms with E-state index in [-0.39, 0.29) is 6.04 Å². The molecule has 1 aromatic carbocycles. The van der Waals surface area contributed by atoms with Crippen molar-refractivity contribution >= 4 is 10.0 Å². The minimum atomic E-state index is -3.40. The summed E-state index contributed by atoms with van der Waals surface area (Å²) in [6.07, 6.45) is 3.39. The fraction of sp³-hybridized carbons (Fsp3) is 0.571. The number of nitrogens with two attached hydrogens (primary N) is 1. The molecule has 0 saturated heterocycles. The molecule has 3 N–H and O–H groups in total. The first kappa shape index (κ1) is 16.1. The molecule has 0 heterocycles. The minimum absolute atomic E-state index is 0.00177. The van der Waals surface area contributed by atoms with Crippen LogP contribution in [0.15, 0.2) is 29.2 Å². The number of rotatable bonds is 8. The Morgan fingerprint density at radius 3 is 2.21 bits per heavy atom. The first-order chi connectivity index (χ1) is 9.03. The average molecular weight is 284 g/mol. The molecule has 0 spiro atoms. The molecule has 1 aromatic rings. The number of nitrogens with one attached hydrogen (secondary N) is 1. The lowest BCUT2D eigenvalue weighted by atomic mass is 10.1. The lowest BCUT2D eigenvalue weighted by Crippen LogP contribution is -2.33. The maximum atomic E-state index is 12.2. The van der Waals surface area contributed by atoms with Crippen molar-refractivity contribution in [1.29, 1.82) is 0 Å². The van der Waals surface area contributed by atoms with Gasteiger partial charge in [-0.1, -0.05) is 26.0 Å². The van der Waals surface area contributed by atoms with Crippen LogP contribution in [0.3, 0.4) is 0 Å². The van der Waals surface area contributed by atoms with Crippen molar-refractivity contribution in [1.82, 2.24) is 4.72 Å². The second-order valence-corrected chi connectivity index (χ2v) is 6.38. The highest BCUT2D eigenvalue weighted by Gasteiger charge is 2.17. The van der Waals surface area contributed by atoms with Crippen LogP contribution in [0.25, 0.3) is 0 Å². The highest BCUT2D eigenvalue weighted by atomic mass is 32.2. The number of benzene rings is 1. The van der Waals surface area contributed by atoms with Crippen molar-refractivity contribution in [2.24, 2.45) is 5.73 Å². The van der Waals surface area contributed by atoms with Crippen LogP contribution in [0.1, 0.15) is 38.7 Å². The second-order valence-electron chi connectivity index (χ2n) is 4.67. The monoisotopic (exact) mass is 284 g/mol. The van der Waals surface area contributed by atoms with Gasteiger partial charge in [-0.15, -0.1) is 0 Å². The molecule has 5 heteroatoms. The highest BCUT2D eigenvalue weighted by Crippen LogP contribution is 2.13. The van der Waals surface area contributed by atoms with Gasteiger partial charge in [0.1, 0.15) is 0 Å². The first-order valence-electron chi connectivity index (χ1n) is 6.84. The lowest BCUT2D eigenvalue weighted by Gasteiger charge is -2.15. The third-order valence-electron chi connectivity index (χ3n) is 3.21. The van der Waals surface area contributed by atoms with Gasteiger partial charge >= 0.3 is 0 Å². The summed E-state index contributed by atoms with van der Waals surface area (Å²) >= 11 is 0. The fourth-order valence-electron chi connectivity index (χ4n) is 1.88. The van der Waals surface area contributed by atoms with Crippen molar-refractivity contribution in [3.8, 4) is 0 Å². The van der Waals surface area contributed by atoms with E-state index in [0.717, 1.165) is 31.2 Å². The number of hydrogen-bond acceptors (Lipinski definition) is 3. The number of sulfonamides is 1. The first-order valence-corrected chi connectivity index (χ1v) is 8.33. The predicted molar refractivity (Wildman–Crippen MR) is 78.5 cm³/mol. The second kappa shape index (κ2) is 7.62. The summed E-state index contributed by atoms with van der Waals surface area (Å²) < 4.78 is 27.0. The van der Waals surface area contributed by atoms with E-state index in [2.05, 4.69) is 4.72 Å². The Bertz CT molecular complexity index is 465. The van der Waals surface area contributed by atoms with Crippen LogP contribution in [-0.4, -0.2) is 21.0 Å². The van der Waals surface area contributed by atoms with E-state index >= 15 is 0 Å². The average Bonchev–Trinajstić information content (AvgIpc) is 2.43. The molecule has 0 fully saturated rings. The van der Waals surface area contributed by atoms with Gasteiger partial charge < -0.3 is 5.73 Å². The van der Waals surface area contributed by atoms with Crippen LogP contribution in [-0.2, 0) is 16.4 Å². The minimum Gasteiger partial charge on any atom is -0.330 e. The topological polar surface area (TPSA) is 72.2 Å². The molecule has 0 saturated carbocycles. The van der Waals surface area contributed by atoms with Crippen LogP contribution in [0.4, 0.5) is 0 Å². The summed E-state index contributed by atoms with van der Waals surface area (Å²) in [5, 5.41) is 0. The summed E-state index contributed by atoms with van der Waals surface area (Å²) in [7, 11) is -3.40. The summed E-state index contributed by atoms with van der Waals surface area (Å²) in [5.41, 5.74) is 6.57. The standard InChI is InChI=1S/C14H24N2O2S/c1-3-13(4-2)16-19(17,18)14-9-7-12(8-10-14)6-5-11-15/h7-10,13,16H,3-6,11,15H2,1-2H3. The molecule has 1 rings (SSSR count). The Morgan fingerprint density at radius 1 is 1.16 bits per heavy atom. The molecule has 0 unspecified atom stereocenters. The van der Waals surface area contributed by atoms with Crippen molar-refractivity contribution in [3.63, 3.8) is 0 Å². The molecule has 108 valence electrons. The van der Waals surface area contributed by atoms with Crippen LogP contribution < -0.4 is 10.5 Å². The van der Waals surface area contributed by atoms with Gasteiger partial charge in [-0.05, 0) is 49.9 Å². The molecule has 0 aliphatic rings. The Balaban J connectivity index is 2.78. The van der Waals surface area contributed by atoms with Crippen molar-refractivity contribution in [2.75, 3.05) is 6.54 Å². The van der Waals surface area contributed by atoms with E-state index in [9.17, 15) is 8.42 Å². The lowest BCUT2D eigenvalue weighted by molar-refractivity contribution is 0.530. The Labute approximate surface area is 116 Å². The van der Waals surface area contributed by atoms with E-state index in [0.29, 0.717) is 11.4 Å². The largest absolute Gasteiger partial charge is 0.330 e. The maximum Gasteiger partial charge on any atom is 0.240 e. The van der Waals surface area contributed by atoms with Gasteiger partial charge in [-0.25, -0.2) is 13.1 Å². The summed E-state index contributed by atoms with van der Waals surface area (Å²) in [4.78, 5) is 0.330. The Morgan fingerprint density at radius 2 is 1.74 bits per heavy atom. The molecule has 0 aliphatic carbocycles. The third-order valence-corrected chi connectivity index (χ3v) is 4.75.